The predicted molar refractivity (Wildman–Crippen MR) is 95.7 cm³/mol. The van der Waals surface area contributed by atoms with E-state index in [-0.39, 0.29) is 11.8 Å². The molecule has 4 heteroatoms. The van der Waals surface area contributed by atoms with E-state index in [1.807, 2.05) is 36.4 Å². The second-order valence-corrected chi connectivity index (χ2v) is 6.02. The van der Waals surface area contributed by atoms with Gasteiger partial charge in [0, 0.05) is 32.6 Å². The summed E-state index contributed by atoms with van der Waals surface area (Å²) in [4.78, 5) is 25.4. The molecule has 2 aromatic rings. The molecule has 0 aliphatic carbocycles. The van der Waals surface area contributed by atoms with E-state index in [2.05, 4.69) is 17.4 Å². The highest BCUT2D eigenvalue weighted by Crippen LogP contribution is 2.08. The first-order chi connectivity index (χ1) is 11.6. The molecule has 0 bridgehead atoms. The topological polar surface area (TPSA) is 49.4 Å². The Morgan fingerprint density at radius 2 is 1.67 bits per heavy atom. The number of carbonyl (C=O) groups excluding carboxylic acids is 2. The normalized spacial score (nSPS) is 10.2. The summed E-state index contributed by atoms with van der Waals surface area (Å²) in [5.74, 6) is 0.00121. The summed E-state index contributed by atoms with van der Waals surface area (Å²) in [7, 11) is 3.45. The first-order valence-electron chi connectivity index (χ1n) is 8.17. The van der Waals surface area contributed by atoms with Crippen LogP contribution in [0.4, 0.5) is 0 Å². The maximum Gasteiger partial charge on any atom is 0.253 e. The molecule has 2 aromatic carbocycles. The Morgan fingerprint density at radius 3 is 2.38 bits per heavy atom. The standard InChI is InChI=1S/C20H24N2O2/c1-22(2)20(24)18-12-6-11-17(14-18)15-21-19(23)13-7-10-16-8-4-3-5-9-16/h3-6,8-9,11-12,14H,7,10,13,15H2,1-2H3,(H,21,23). The van der Waals surface area contributed by atoms with Crippen LogP contribution >= 0.6 is 0 Å². The first kappa shape index (κ1) is 17.7. The Balaban J connectivity index is 1.77. The fourth-order valence-corrected chi connectivity index (χ4v) is 2.46. The van der Waals surface area contributed by atoms with Crippen LogP contribution in [0.2, 0.25) is 0 Å². The van der Waals surface area contributed by atoms with E-state index in [1.165, 1.54) is 5.56 Å². The maximum atomic E-state index is 11.9. The lowest BCUT2D eigenvalue weighted by Crippen LogP contribution is -2.24. The first-order valence-corrected chi connectivity index (χ1v) is 8.17. The summed E-state index contributed by atoms with van der Waals surface area (Å²) in [6.45, 7) is 0.443. The van der Waals surface area contributed by atoms with Gasteiger partial charge in [0.1, 0.15) is 0 Å². The lowest BCUT2D eigenvalue weighted by atomic mass is 10.1. The van der Waals surface area contributed by atoms with Crippen molar-refractivity contribution in [2.24, 2.45) is 0 Å². The molecule has 0 atom stereocenters. The molecule has 0 saturated heterocycles. The van der Waals surface area contributed by atoms with Crippen molar-refractivity contribution in [3.63, 3.8) is 0 Å². The molecule has 1 N–H and O–H groups in total. The smallest absolute Gasteiger partial charge is 0.253 e. The van der Waals surface area contributed by atoms with Gasteiger partial charge in [-0.3, -0.25) is 9.59 Å². The molecular formula is C20H24N2O2. The zero-order chi connectivity index (χ0) is 17.4. The maximum absolute atomic E-state index is 11.9. The third-order valence-electron chi connectivity index (χ3n) is 3.78. The number of rotatable bonds is 7. The molecule has 0 radical (unpaired) electrons. The van der Waals surface area contributed by atoms with Crippen molar-refractivity contribution in [1.29, 1.82) is 0 Å². The number of benzene rings is 2. The summed E-state index contributed by atoms with van der Waals surface area (Å²) in [6, 6.07) is 17.5. The molecule has 2 rings (SSSR count). The summed E-state index contributed by atoms with van der Waals surface area (Å²) in [6.07, 6.45) is 2.24. The van der Waals surface area contributed by atoms with Gasteiger partial charge in [0.25, 0.3) is 5.91 Å². The lowest BCUT2D eigenvalue weighted by molar-refractivity contribution is -0.121. The average Bonchev–Trinajstić information content (AvgIpc) is 2.60. The molecule has 0 aromatic heterocycles. The second kappa shape index (κ2) is 8.87. The largest absolute Gasteiger partial charge is 0.352 e. The van der Waals surface area contributed by atoms with Crippen LogP contribution in [-0.2, 0) is 17.8 Å². The molecule has 0 heterocycles. The van der Waals surface area contributed by atoms with Gasteiger partial charge in [-0.1, -0.05) is 42.5 Å². The van der Waals surface area contributed by atoms with Crippen molar-refractivity contribution in [2.75, 3.05) is 14.1 Å². The number of carbonyl (C=O) groups is 2. The van der Waals surface area contributed by atoms with Crippen LogP contribution in [0.1, 0.15) is 34.3 Å². The van der Waals surface area contributed by atoms with E-state index in [1.54, 1.807) is 25.1 Å². The van der Waals surface area contributed by atoms with Crippen LogP contribution in [0.3, 0.4) is 0 Å². The zero-order valence-electron chi connectivity index (χ0n) is 14.3. The molecule has 0 aliphatic rings. The Kier molecular flexibility index (Phi) is 6.55. The van der Waals surface area contributed by atoms with Crippen LogP contribution in [0, 0.1) is 0 Å². The Bertz CT molecular complexity index is 681. The number of amides is 2. The van der Waals surface area contributed by atoms with Gasteiger partial charge in [-0.25, -0.2) is 0 Å². The molecule has 0 fully saturated rings. The minimum Gasteiger partial charge on any atom is -0.352 e. The number of nitrogens with zero attached hydrogens (tertiary/aromatic N) is 1. The third kappa shape index (κ3) is 5.54. The van der Waals surface area contributed by atoms with Gasteiger partial charge in [0.2, 0.25) is 5.91 Å². The van der Waals surface area contributed by atoms with Crippen molar-refractivity contribution in [2.45, 2.75) is 25.8 Å². The highest BCUT2D eigenvalue weighted by Gasteiger charge is 2.08. The fourth-order valence-electron chi connectivity index (χ4n) is 2.46. The van der Waals surface area contributed by atoms with E-state index >= 15 is 0 Å². The summed E-state index contributed by atoms with van der Waals surface area (Å²) < 4.78 is 0. The molecule has 2 amide bonds. The van der Waals surface area contributed by atoms with Crippen molar-refractivity contribution in [3.8, 4) is 0 Å². The van der Waals surface area contributed by atoms with Crippen molar-refractivity contribution in [3.05, 3.63) is 71.3 Å². The lowest BCUT2D eigenvalue weighted by Gasteiger charge is -2.11. The number of hydrogen-bond acceptors (Lipinski definition) is 2. The fraction of sp³-hybridized carbons (Fsp3) is 0.300. The molecule has 0 saturated carbocycles. The Hall–Kier alpha value is -2.62. The van der Waals surface area contributed by atoms with Gasteiger partial charge in [-0.05, 0) is 36.1 Å². The monoisotopic (exact) mass is 324 g/mol. The van der Waals surface area contributed by atoms with Gasteiger partial charge in [-0.2, -0.15) is 0 Å². The predicted octanol–water partition coefficient (Wildman–Crippen LogP) is 3.03. The minimum absolute atomic E-state index is 0.0361. The van der Waals surface area contributed by atoms with E-state index in [0.29, 0.717) is 18.5 Å². The molecule has 0 aliphatic heterocycles. The highest BCUT2D eigenvalue weighted by molar-refractivity contribution is 5.94. The number of aryl methyl sites for hydroxylation is 1. The third-order valence-corrected chi connectivity index (χ3v) is 3.78. The van der Waals surface area contributed by atoms with E-state index in [4.69, 9.17) is 0 Å². The summed E-state index contributed by atoms with van der Waals surface area (Å²) in [5, 5.41) is 2.92. The molecule has 0 unspecified atom stereocenters. The van der Waals surface area contributed by atoms with Crippen LogP contribution in [0.5, 0.6) is 0 Å². The Morgan fingerprint density at radius 1 is 0.958 bits per heavy atom. The molecule has 126 valence electrons. The van der Waals surface area contributed by atoms with E-state index in [9.17, 15) is 9.59 Å². The number of nitrogens with one attached hydrogen (secondary N) is 1. The molecule has 0 spiro atoms. The molecular weight excluding hydrogens is 300 g/mol. The van der Waals surface area contributed by atoms with E-state index in [0.717, 1.165) is 18.4 Å². The zero-order valence-corrected chi connectivity index (χ0v) is 14.3. The average molecular weight is 324 g/mol. The Labute approximate surface area is 143 Å². The van der Waals surface area contributed by atoms with E-state index < -0.39 is 0 Å². The van der Waals surface area contributed by atoms with Gasteiger partial charge < -0.3 is 10.2 Å². The van der Waals surface area contributed by atoms with Crippen molar-refractivity contribution in [1.82, 2.24) is 10.2 Å². The molecule has 24 heavy (non-hydrogen) atoms. The van der Waals surface area contributed by atoms with Gasteiger partial charge in [-0.15, -0.1) is 0 Å². The van der Waals surface area contributed by atoms with Gasteiger partial charge in [0.15, 0.2) is 0 Å². The summed E-state index contributed by atoms with van der Waals surface area (Å²) in [5.41, 5.74) is 2.81. The quantitative estimate of drug-likeness (QED) is 0.851. The SMILES string of the molecule is CN(C)C(=O)c1cccc(CNC(=O)CCCc2ccccc2)c1. The highest BCUT2D eigenvalue weighted by atomic mass is 16.2. The summed E-state index contributed by atoms with van der Waals surface area (Å²) >= 11 is 0. The second-order valence-electron chi connectivity index (χ2n) is 6.02. The van der Waals surface area contributed by atoms with Crippen molar-refractivity contribution >= 4 is 11.8 Å². The van der Waals surface area contributed by atoms with Crippen LogP contribution < -0.4 is 5.32 Å². The minimum atomic E-state index is -0.0361. The van der Waals surface area contributed by atoms with Gasteiger partial charge in [0.05, 0.1) is 0 Å². The van der Waals surface area contributed by atoms with Crippen molar-refractivity contribution < 1.29 is 9.59 Å². The van der Waals surface area contributed by atoms with Gasteiger partial charge >= 0.3 is 0 Å². The van der Waals surface area contributed by atoms with Crippen LogP contribution in [0.15, 0.2) is 54.6 Å². The number of hydrogen-bond donors (Lipinski definition) is 1. The van der Waals surface area contributed by atoms with Crippen LogP contribution in [0.25, 0.3) is 0 Å². The molecule has 4 nitrogen and oxygen atoms in total. The van der Waals surface area contributed by atoms with Crippen LogP contribution in [-0.4, -0.2) is 30.8 Å².